The molecule has 0 aliphatic heterocycles. The first-order valence-corrected chi connectivity index (χ1v) is 10.0. The van der Waals surface area contributed by atoms with E-state index < -0.39 is 0 Å². The lowest BCUT2D eigenvalue weighted by atomic mass is 10.2. The molecule has 1 N–H and O–H groups in total. The highest BCUT2D eigenvalue weighted by Crippen LogP contribution is 2.21. The monoisotopic (exact) mass is 386 g/mol. The highest BCUT2D eigenvalue weighted by Gasteiger charge is 2.15. The van der Waals surface area contributed by atoms with Crippen LogP contribution < -0.4 is 10.1 Å². The Bertz CT molecular complexity index is 1060. The highest BCUT2D eigenvalue weighted by molar-refractivity contribution is 5.76. The summed E-state index contributed by atoms with van der Waals surface area (Å²) in [6.45, 7) is 6.56. The molecule has 29 heavy (non-hydrogen) atoms. The zero-order valence-corrected chi connectivity index (χ0v) is 16.9. The fraction of sp³-hybridized carbons (Fsp3) is 0.250. The van der Waals surface area contributed by atoms with Crippen molar-refractivity contribution in [3.8, 4) is 5.75 Å². The van der Waals surface area contributed by atoms with Gasteiger partial charge in [-0.2, -0.15) is 0 Å². The zero-order valence-electron chi connectivity index (χ0n) is 16.9. The van der Waals surface area contributed by atoms with Gasteiger partial charge in [0.05, 0.1) is 17.1 Å². The van der Waals surface area contributed by atoms with E-state index in [-0.39, 0.29) is 6.04 Å². The predicted molar refractivity (Wildman–Crippen MR) is 116 cm³/mol. The summed E-state index contributed by atoms with van der Waals surface area (Å²) in [7, 11) is 0. The van der Waals surface area contributed by atoms with E-state index in [1.165, 1.54) is 11.1 Å². The molecule has 5 nitrogen and oxygen atoms in total. The van der Waals surface area contributed by atoms with Crippen LogP contribution in [0.3, 0.4) is 0 Å². The Morgan fingerprint density at radius 1 is 0.966 bits per heavy atom. The molecule has 4 aromatic rings. The topological polar surface area (TPSA) is 52.0 Å². The average molecular weight is 386 g/mol. The van der Waals surface area contributed by atoms with Crippen LogP contribution in [0.5, 0.6) is 5.75 Å². The summed E-state index contributed by atoms with van der Waals surface area (Å²) in [5, 5.41) is 3.60. The van der Waals surface area contributed by atoms with Crippen molar-refractivity contribution in [3.05, 3.63) is 90.0 Å². The van der Waals surface area contributed by atoms with E-state index in [4.69, 9.17) is 9.72 Å². The SMILES string of the molecule is CCn1c(C(C)NCc2ccc(OCc3ccncc3)cc2)nc2ccccc21. The third kappa shape index (κ3) is 4.46. The lowest BCUT2D eigenvalue weighted by Crippen LogP contribution is -2.21. The smallest absolute Gasteiger partial charge is 0.126 e. The molecule has 1 atom stereocenters. The van der Waals surface area contributed by atoms with Crippen LogP contribution in [0, 0.1) is 0 Å². The molecule has 0 saturated carbocycles. The van der Waals surface area contributed by atoms with Gasteiger partial charge in [-0.25, -0.2) is 4.98 Å². The Hall–Kier alpha value is -3.18. The molecule has 0 aliphatic carbocycles. The molecule has 0 fully saturated rings. The molecule has 1 unspecified atom stereocenters. The second-order valence-electron chi connectivity index (χ2n) is 7.09. The number of aryl methyl sites for hydroxylation is 1. The standard InChI is InChI=1S/C24H26N4O/c1-3-28-23-7-5-4-6-22(23)27-24(28)18(2)26-16-19-8-10-21(11-9-19)29-17-20-12-14-25-15-13-20/h4-15,18,26H,3,16-17H2,1-2H3. The van der Waals surface area contributed by atoms with Crippen molar-refractivity contribution in [3.63, 3.8) is 0 Å². The third-order valence-electron chi connectivity index (χ3n) is 5.08. The van der Waals surface area contributed by atoms with Crippen LogP contribution in [0.25, 0.3) is 11.0 Å². The van der Waals surface area contributed by atoms with E-state index >= 15 is 0 Å². The van der Waals surface area contributed by atoms with Crippen molar-refractivity contribution in [2.24, 2.45) is 0 Å². The van der Waals surface area contributed by atoms with Crippen LogP contribution in [0.1, 0.15) is 36.8 Å². The van der Waals surface area contributed by atoms with Crippen LogP contribution in [-0.2, 0) is 19.7 Å². The molecular weight excluding hydrogens is 360 g/mol. The molecule has 5 heteroatoms. The molecule has 2 heterocycles. The number of pyridine rings is 1. The normalized spacial score (nSPS) is 12.2. The molecule has 0 aliphatic rings. The van der Waals surface area contributed by atoms with Gasteiger partial charge in [-0.05, 0) is 61.4 Å². The fourth-order valence-electron chi connectivity index (χ4n) is 3.47. The number of para-hydroxylation sites is 2. The number of rotatable bonds is 8. The number of nitrogens with zero attached hydrogens (tertiary/aromatic N) is 3. The van der Waals surface area contributed by atoms with Crippen molar-refractivity contribution in [2.75, 3.05) is 0 Å². The quantitative estimate of drug-likeness (QED) is 0.469. The van der Waals surface area contributed by atoms with Crippen molar-refractivity contribution in [1.82, 2.24) is 19.9 Å². The zero-order chi connectivity index (χ0) is 20.1. The molecule has 2 aromatic carbocycles. The van der Waals surface area contributed by atoms with Gasteiger partial charge in [-0.15, -0.1) is 0 Å². The number of benzene rings is 2. The van der Waals surface area contributed by atoms with Gasteiger partial charge in [-0.1, -0.05) is 24.3 Å². The maximum Gasteiger partial charge on any atom is 0.126 e. The Labute approximate surface area is 171 Å². The largest absolute Gasteiger partial charge is 0.489 e. The molecule has 0 amide bonds. The molecule has 4 rings (SSSR count). The molecule has 0 radical (unpaired) electrons. The molecule has 148 valence electrons. The first-order chi connectivity index (χ1) is 14.2. The number of nitrogens with one attached hydrogen (secondary N) is 1. The van der Waals surface area contributed by atoms with E-state index in [0.717, 1.165) is 35.7 Å². The van der Waals surface area contributed by atoms with Crippen LogP contribution in [0.4, 0.5) is 0 Å². The van der Waals surface area contributed by atoms with Crippen molar-refractivity contribution >= 4 is 11.0 Å². The molecule has 2 aromatic heterocycles. The van der Waals surface area contributed by atoms with Crippen LogP contribution in [0.2, 0.25) is 0 Å². The summed E-state index contributed by atoms with van der Waals surface area (Å²) in [4.78, 5) is 8.86. The van der Waals surface area contributed by atoms with E-state index in [1.807, 2.05) is 30.3 Å². The van der Waals surface area contributed by atoms with Gasteiger partial charge >= 0.3 is 0 Å². The molecule has 0 bridgehead atoms. The number of fused-ring (bicyclic) bond motifs is 1. The van der Waals surface area contributed by atoms with Gasteiger partial charge in [0.25, 0.3) is 0 Å². The summed E-state index contributed by atoms with van der Waals surface area (Å²) in [6.07, 6.45) is 3.56. The minimum Gasteiger partial charge on any atom is -0.489 e. The highest BCUT2D eigenvalue weighted by atomic mass is 16.5. The summed E-state index contributed by atoms with van der Waals surface area (Å²) in [5.74, 6) is 1.94. The number of hydrogen-bond acceptors (Lipinski definition) is 4. The van der Waals surface area contributed by atoms with Gasteiger partial charge in [-0.3, -0.25) is 4.98 Å². The first-order valence-electron chi connectivity index (χ1n) is 10.0. The van der Waals surface area contributed by atoms with Gasteiger partial charge in [0.2, 0.25) is 0 Å². The van der Waals surface area contributed by atoms with Crippen molar-refractivity contribution < 1.29 is 4.74 Å². The van der Waals surface area contributed by atoms with Gasteiger partial charge in [0.1, 0.15) is 18.2 Å². The van der Waals surface area contributed by atoms with Gasteiger partial charge in [0.15, 0.2) is 0 Å². The lowest BCUT2D eigenvalue weighted by molar-refractivity contribution is 0.306. The molecule has 0 saturated heterocycles. The molecule has 0 spiro atoms. The fourth-order valence-corrected chi connectivity index (χ4v) is 3.47. The Morgan fingerprint density at radius 3 is 2.48 bits per heavy atom. The van der Waals surface area contributed by atoms with Gasteiger partial charge in [0, 0.05) is 25.5 Å². The first kappa shape index (κ1) is 19.2. The maximum atomic E-state index is 5.84. The average Bonchev–Trinajstić information content (AvgIpc) is 3.16. The van der Waals surface area contributed by atoms with E-state index in [0.29, 0.717) is 6.61 Å². The Balaban J connectivity index is 1.36. The van der Waals surface area contributed by atoms with Crippen LogP contribution in [-0.4, -0.2) is 14.5 Å². The number of aromatic nitrogens is 3. The van der Waals surface area contributed by atoms with E-state index in [1.54, 1.807) is 12.4 Å². The minimum absolute atomic E-state index is 0.157. The summed E-state index contributed by atoms with van der Waals surface area (Å²) < 4.78 is 8.13. The Morgan fingerprint density at radius 2 is 1.72 bits per heavy atom. The number of hydrogen-bond donors (Lipinski definition) is 1. The maximum absolute atomic E-state index is 5.84. The van der Waals surface area contributed by atoms with Crippen LogP contribution >= 0.6 is 0 Å². The summed E-state index contributed by atoms with van der Waals surface area (Å²) in [5.41, 5.74) is 4.56. The van der Waals surface area contributed by atoms with E-state index in [9.17, 15) is 0 Å². The predicted octanol–water partition coefficient (Wildman–Crippen LogP) is 4.88. The van der Waals surface area contributed by atoms with Crippen molar-refractivity contribution in [1.29, 1.82) is 0 Å². The second-order valence-corrected chi connectivity index (χ2v) is 7.09. The third-order valence-corrected chi connectivity index (χ3v) is 5.08. The summed E-state index contributed by atoms with van der Waals surface area (Å²) in [6, 6.07) is 20.6. The second kappa shape index (κ2) is 8.88. The lowest BCUT2D eigenvalue weighted by Gasteiger charge is -2.15. The number of imidazole rings is 1. The van der Waals surface area contributed by atoms with Gasteiger partial charge < -0.3 is 14.6 Å². The summed E-state index contributed by atoms with van der Waals surface area (Å²) >= 11 is 0. The minimum atomic E-state index is 0.157. The van der Waals surface area contributed by atoms with E-state index in [2.05, 4.69) is 59.0 Å². The van der Waals surface area contributed by atoms with Crippen molar-refractivity contribution in [2.45, 2.75) is 39.6 Å². The van der Waals surface area contributed by atoms with Crippen LogP contribution in [0.15, 0.2) is 73.1 Å². The number of ether oxygens (including phenoxy) is 1. The molecular formula is C24H26N4O. The Kier molecular flexibility index (Phi) is 5.86.